The van der Waals surface area contributed by atoms with Crippen LogP contribution in [0.3, 0.4) is 0 Å². The zero-order valence-corrected chi connectivity index (χ0v) is 9.26. The Hall–Kier alpha value is -0.930. The summed E-state index contributed by atoms with van der Waals surface area (Å²) in [5, 5.41) is 22.3. The van der Waals surface area contributed by atoms with Gasteiger partial charge in [-0.15, -0.1) is 12.4 Å². The molecule has 0 unspecified atom stereocenters. The molecule has 1 aliphatic rings. The molecule has 0 saturated carbocycles. The average Bonchev–Trinajstić information content (AvgIpc) is 2.23. The van der Waals surface area contributed by atoms with Gasteiger partial charge >= 0.3 is 0 Å². The Labute approximate surface area is 95.5 Å². The number of halogens is 1. The molecule has 0 radical (unpaired) electrons. The van der Waals surface area contributed by atoms with E-state index in [-0.39, 0.29) is 29.9 Å². The number of phenols is 2. The number of hydrogen-bond acceptors (Lipinski definition) is 3. The van der Waals surface area contributed by atoms with E-state index in [1.165, 1.54) is 18.9 Å². The van der Waals surface area contributed by atoms with E-state index in [2.05, 4.69) is 5.32 Å². The van der Waals surface area contributed by atoms with Crippen molar-refractivity contribution in [3.05, 3.63) is 23.8 Å². The number of piperidine rings is 1. The summed E-state index contributed by atoms with van der Waals surface area (Å²) >= 11 is 0. The van der Waals surface area contributed by atoms with Gasteiger partial charge in [0.25, 0.3) is 0 Å². The summed E-state index contributed by atoms with van der Waals surface area (Å²) in [7, 11) is 0. The third-order valence-electron chi connectivity index (χ3n) is 2.73. The molecule has 1 aromatic carbocycles. The zero-order chi connectivity index (χ0) is 9.97. The molecule has 0 spiro atoms. The molecule has 3 N–H and O–H groups in total. The van der Waals surface area contributed by atoms with Gasteiger partial charge in [0.2, 0.25) is 0 Å². The molecule has 3 nitrogen and oxygen atoms in total. The van der Waals surface area contributed by atoms with Gasteiger partial charge in [0.05, 0.1) is 0 Å². The summed E-state index contributed by atoms with van der Waals surface area (Å²) in [5.41, 5.74) is 0.810. The van der Waals surface area contributed by atoms with Crippen LogP contribution in [0, 0.1) is 0 Å². The summed E-state index contributed by atoms with van der Waals surface area (Å²) in [6.07, 6.45) is 3.39. The molecule has 0 amide bonds. The molecule has 1 aromatic rings. The van der Waals surface area contributed by atoms with Crippen LogP contribution in [0.25, 0.3) is 0 Å². The van der Waals surface area contributed by atoms with Crippen LogP contribution in [-0.2, 0) is 0 Å². The van der Waals surface area contributed by atoms with E-state index < -0.39 is 0 Å². The van der Waals surface area contributed by atoms with Crippen LogP contribution in [0.4, 0.5) is 0 Å². The zero-order valence-electron chi connectivity index (χ0n) is 8.44. The largest absolute Gasteiger partial charge is 0.504 e. The SMILES string of the molecule is Cl.Oc1cccc([C@@H]2CCCCN2)c1O. The first-order chi connectivity index (χ1) is 6.79. The highest BCUT2D eigenvalue weighted by Gasteiger charge is 2.18. The Bertz CT molecular complexity index is 324. The average molecular weight is 230 g/mol. The van der Waals surface area contributed by atoms with Crippen molar-refractivity contribution in [1.82, 2.24) is 5.32 Å². The predicted molar refractivity (Wildman–Crippen MR) is 61.6 cm³/mol. The lowest BCUT2D eigenvalue weighted by Gasteiger charge is -2.24. The molecule has 0 aromatic heterocycles. The first-order valence-corrected chi connectivity index (χ1v) is 5.03. The summed E-state index contributed by atoms with van der Waals surface area (Å²) < 4.78 is 0. The maximum Gasteiger partial charge on any atom is 0.162 e. The van der Waals surface area contributed by atoms with Crippen molar-refractivity contribution in [2.24, 2.45) is 0 Å². The molecule has 1 heterocycles. The monoisotopic (exact) mass is 229 g/mol. The van der Waals surface area contributed by atoms with Crippen molar-refractivity contribution in [2.45, 2.75) is 25.3 Å². The second-order valence-electron chi connectivity index (χ2n) is 3.72. The van der Waals surface area contributed by atoms with Crippen LogP contribution >= 0.6 is 12.4 Å². The van der Waals surface area contributed by atoms with Crippen molar-refractivity contribution >= 4 is 12.4 Å². The van der Waals surface area contributed by atoms with Crippen molar-refractivity contribution in [2.75, 3.05) is 6.54 Å². The Balaban J connectivity index is 0.00000112. The summed E-state index contributed by atoms with van der Waals surface area (Å²) in [6, 6.07) is 5.32. The van der Waals surface area contributed by atoms with Gasteiger partial charge in [-0.2, -0.15) is 0 Å². The van der Waals surface area contributed by atoms with E-state index >= 15 is 0 Å². The highest BCUT2D eigenvalue weighted by molar-refractivity contribution is 5.85. The van der Waals surface area contributed by atoms with Crippen molar-refractivity contribution in [1.29, 1.82) is 0 Å². The van der Waals surface area contributed by atoms with E-state index in [1.54, 1.807) is 6.07 Å². The van der Waals surface area contributed by atoms with Gasteiger partial charge in [-0.05, 0) is 25.5 Å². The Morgan fingerprint density at radius 3 is 2.67 bits per heavy atom. The quantitative estimate of drug-likeness (QED) is 0.648. The Morgan fingerprint density at radius 1 is 1.20 bits per heavy atom. The summed E-state index contributed by atoms with van der Waals surface area (Å²) in [4.78, 5) is 0. The van der Waals surface area contributed by atoms with E-state index in [0.29, 0.717) is 0 Å². The van der Waals surface area contributed by atoms with E-state index in [0.717, 1.165) is 18.5 Å². The molecule has 0 aliphatic carbocycles. The molecule has 1 atom stereocenters. The number of phenolic OH excluding ortho intramolecular Hbond substituents is 2. The number of aromatic hydroxyl groups is 2. The van der Waals surface area contributed by atoms with Crippen LogP contribution in [0.15, 0.2) is 18.2 Å². The maximum absolute atomic E-state index is 9.66. The molecule has 1 fully saturated rings. The van der Waals surface area contributed by atoms with Crippen LogP contribution in [0.1, 0.15) is 30.9 Å². The number of para-hydroxylation sites is 1. The number of nitrogens with one attached hydrogen (secondary N) is 1. The van der Waals surface area contributed by atoms with Gasteiger partial charge in [0.1, 0.15) is 0 Å². The molecule has 84 valence electrons. The smallest absolute Gasteiger partial charge is 0.162 e. The normalized spacial score (nSPS) is 20.7. The topological polar surface area (TPSA) is 52.5 Å². The Morgan fingerprint density at radius 2 is 2.00 bits per heavy atom. The van der Waals surface area contributed by atoms with Crippen LogP contribution in [0.5, 0.6) is 11.5 Å². The fourth-order valence-electron chi connectivity index (χ4n) is 1.95. The third-order valence-corrected chi connectivity index (χ3v) is 2.73. The summed E-state index contributed by atoms with van der Waals surface area (Å²) in [5.74, 6) is -0.0122. The van der Waals surface area contributed by atoms with E-state index in [4.69, 9.17) is 0 Å². The fraction of sp³-hybridized carbons (Fsp3) is 0.455. The van der Waals surface area contributed by atoms with E-state index in [1.807, 2.05) is 6.07 Å². The fourth-order valence-corrected chi connectivity index (χ4v) is 1.95. The molecule has 1 saturated heterocycles. The number of benzene rings is 1. The van der Waals surface area contributed by atoms with Gasteiger partial charge in [-0.25, -0.2) is 0 Å². The number of hydrogen-bond donors (Lipinski definition) is 3. The second-order valence-corrected chi connectivity index (χ2v) is 3.72. The predicted octanol–water partition coefficient (Wildman–Crippen LogP) is 2.33. The first kappa shape index (κ1) is 12.1. The van der Waals surface area contributed by atoms with Crippen molar-refractivity contribution in [3.8, 4) is 11.5 Å². The van der Waals surface area contributed by atoms with Crippen LogP contribution in [-0.4, -0.2) is 16.8 Å². The molecular weight excluding hydrogens is 214 g/mol. The molecule has 1 aliphatic heterocycles. The summed E-state index contributed by atoms with van der Waals surface area (Å²) in [6.45, 7) is 0.986. The number of rotatable bonds is 1. The minimum atomic E-state index is -0.0325. The van der Waals surface area contributed by atoms with Gasteiger partial charge in [0, 0.05) is 11.6 Å². The Kier molecular flexibility index (Phi) is 4.24. The van der Waals surface area contributed by atoms with E-state index in [9.17, 15) is 10.2 Å². The van der Waals surface area contributed by atoms with Gasteiger partial charge in [-0.1, -0.05) is 18.6 Å². The van der Waals surface area contributed by atoms with Crippen molar-refractivity contribution < 1.29 is 10.2 Å². The molecule has 4 heteroatoms. The minimum Gasteiger partial charge on any atom is -0.504 e. The van der Waals surface area contributed by atoms with Crippen LogP contribution < -0.4 is 5.32 Å². The lowest BCUT2D eigenvalue weighted by molar-refractivity contribution is 0.369. The maximum atomic E-state index is 9.66. The van der Waals surface area contributed by atoms with Crippen molar-refractivity contribution in [3.63, 3.8) is 0 Å². The molecule has 2 rings (SSSR count). The van der Waals surface area contributed by atoms with Gasteiger partial charge < -0.3 is 15.5 Å². The highest BCUT2D eigenvalue weighted by atomic mass is 35.5. The standard InChI is InChI=1S/C11H15NO2.ClH/c13-10-6-3-4-8(11(10)14)9-5-1-2-7-12-9;/h3-4,6,9,12-14H,1-2,5,7H2;1H/t9-;/m0./s1. The molecule has 15 heavy (non-hydrogen) atoms. The van der Waals surface area contributed by atoms with Crippen LogP contribution in [0.2, 0.25) is 0 Å². The first-order valence-electron chi connectivity index (χ1n) is 5.03. The minimum absolute atomic E-state index is 0. The lowest BCUT2D eigenvalue weighted by atomic mass is 9.96. The van der Waals surface area contributed by atoms with Gasteiger partial charge in [-0.3, -0.25) is 0 Å². The second kappa shape index (κ2) is 5.24. The molecular formula is C11H16ClNO2. The third kappa shape index (κ3) is 2.55. The lowest BCUT2D eigenvalue weighted by Crippen LogP contribution is -2.26. The highest BCUT2D eigenvalue weighted by Crippen LogP contribution is 2.35. The molecule has 0 bridgehead atoms. The van der Waals surface area contributed by atoms with Gasteiger partial charge in [0.15, 0.2) is 11.5 Å².